The van der Waals surface area contributed by atoms with E-state index < -0.39 is 0 Å². The normalized spacial score (nSPS) is 44.0. The topological polar surface area (TPSA) is 38.0 Å². The summed E-state index contributed by atoms with van der Waals surface area (Å²) in [5.74, 6) is 0.911. The minimum Gasteiger partial charge on any atom is -0.397 e. The molecule has 2 unspecified atom stereocenters. The molecule has 5 rings (SSSR count). The van der Waals surface area contributed by atoms with Crippen molar-refractivity contribution < 1.29 is 0 Å². The van der Waals surface area contributed by atoms with Gasteiger partial charge in [-0.3, -0.25) is 0 Å². The van der Waals surface area contributed by atoms with Crippen molar-refractivity contribution in [3.8, 4) is 0 Å². The fourth-order valence-corrected chi connectivity index (χ4v) is 6.71. The molecule has 0 saturated heterocycles. The number of hydrogen-bond donors (Lipinski definition) is 2. The SMILES string of the molecule is Cc1cccc(N)c1NC12CC3CC(C)(CC(C)(C3)C1)C2. The third-order valence-electron chi connectivity index (χ3n) is 6.32. The van der Waals surface area contributed by atoms with Crippen LogP contribution in [0.4, 0.5) is 11.4 Å². The smallest absolute Gasteiger partial charge is 0.0607 e. The first-order chi connectivity index (χ1) is 9.81. The Bertz CT molecular complexity index is 553. The van der Waals surface area contributed by atoms with Crippen molar-refractivity contribution in [2.75, 3.05) is 11.1 Å². The summed E-state index contributed by atoms with van der Waals surface area (Å²) in [6.45, 7) is 7.21. The zero-order valence-corrected chi connectivity index (χ0v) is 13.6. The summed E-state index contributed by atoms with van der Waals surface area (Å²) >= 11 is 0. The van der Waals surface area contributed by atoms with E-state index >= 15 is 0 Å². The molecule has 2 atom stereocenters. The van der Waals surface area contributed by atoms with E-state index in [1.54, 1.807) is 0 Å². The highest BCUT2D eigenvalue weighted by Gasteiger charge is 2.60. The first kappa shape index (κ1) is 13.5. The molecule has 4 fully saturated rings. The Morgan fingerprint density at radius 1 is 1.05 bits per heavy atom. The molecular formula is C19H28N2. The van der Waals surface area contributed by atoms with Crippen LogP contribution in [0.5, 0.6) is 0 Å². The lowest BCUT2D eigenvalue weighted by atomic mass is 9.42. The lowest BCUT2D eigenvalue weighted by Gasteiger charge is -2.65. The van der Waals surface area contributed by atoms with Crippen molar-refractivity contribution in [2.45, 2.75) is 64.8 Å². The molecule has 0 amide bonds. The Morgan fingerprint density at radius 2 is 1.71 bits per heavy atom. The monoisotopic (exact) mass is 284 g/mol. The Kier molecular flexibility index (Phi) is 2.55. The molecule has 0 heterocycles. The summed E-state index contributed by atoms with van der Waals surface area (Å²) in [5.41, 5.74) is 11.0. The van der Waals surface area contributed by atoms with Crippen molar-refractivity contribution in [1.29, 1.82) is 0 Å². The minimum atomic E-state index is 0.281. The molecule has 0 aromatic heterocycles. The van der Waals surface area contributed by atoms with Crippen LogP contribution in [-0.4, -0.2) is 5.54 Å². The van der Waals surface area contributed by atoms with Gasteiger partial charge >= 0.3 is 0 Å². The predicted octanol–water partition coefficient (Wildman–Crippen LogP) is 4.74. The zero-order valence-electron chi connectivity index (χ0n) is 13.6. The summed E-state index contributed by atoms with van der Waals surface area (Å²) in [5, 5.41) is 3.95. The maximum Gasteiger partial charge on any atom is 0.0607 e. The number of anilines is 2. The van der Waals surface area contributed by atoms with Crippen molar-refractivity contribution in [3.63, 3.8) is 0 Å². The third-order valence-corrected chi connectivity index (χ3v) is 6.32. The Morgan fingerprint density at radius 3 is 2.29 bits per heavy atom. The molecule has 114 valence electrons. The molecule has 4 saturated carbocycles. The van der Waals surface area contributed by atoms with Gasteiger partial charge in [0.2, 0.25) is 0 Å². The van der Waals surface area contributed by atoms with Gasteiger partial charge in [0.25, 0.3) is 0 Å². The second-order valence-electron chi connectivity index (χ2n) is 9.07. The summed E-state index contributed by atoms with van der Waals surface area (Å²) in [7, 11) is 0. The van der Waals surface area contributed by atoms with Gasteiger partial charge in [-0.05, 0) is 73.8 Å². The van der Waals surface area contributed by atoms with Gasteiger partial charge in [-0.15, -0.1) is 0 Å². The summed E-state index contributed by atoms with van der Waals surface area (Å²) in [6, 6.07) is 6.25. The van der Waals surface area contributed by atoms with Gasteiger partial charge < -0.3 is 11.1 Å². The van der Waals surface area contributed by atoms with Crippen LogP contribution in [0.25, 0.3) is 0 Å². The molecule has 4 bridgehead atoms. The summed E-state index contributed by atoms with van der Waals surface area (Å²) in [4.78, 5) is 0. The van der Waals surface area contributed by atoms with Crippen molar-refractivity contribution >= 4 is 11.4 Å². The Hall–Kier alpha value is -1.18. The van der Waals surface area contributed by atoms with Crippen molar-refractivity contribution in [3.05, 3.63) is 23.8 Å². The van der Waals surface area contributed by atoms with Gasteiger partial charge in [0.05, 0.1) is 11.4 Å². The molecule has 4 aliphatic rings. The van der Waals surface area contributed by atoms with Gasteiger partial charge in [-0.1, -0.05) is 26.0 Å². The van der Waals surface area contributed by atoms with Gasteiger partial charge in [-0.25, -0.2) is 0 Å². The minimum absolute atomic E-state index is 0.281. The van der Waals surface area contributed by atoms with Gasteiger partial charge in [0.15, 0.2) is 0 Å². The molecular weight excluding hydrogens is 256 g/mol. The van der Waals surface area contributed by atoms with E-state index in [0.717, 1.165) is 11.6 Å². The predicted molar refractivity (Wildman–Crippen MR) is 89.4 cm³/mol. The highest BCUT2D eigenvalue weighted by molar-refractivity contribution is 5.71. The lowest BCUT2D eigenvalue weighted by Crippen LogP contribution is -2.61. The second kappa shape index (κ2) is 3.97. The molecule has 1 aromatic carbocycles. The summed E-state index contributed by atoms with van der Waals surface area (Å²) < 4.78 is 0. The lowest BCUT2D eigenvalue weighted by molar-refractivity contribution is -0.0972. The van der Waals surface area contributed by atoms with Crippen LogP contribution in [-0.2, 0) is 0 Å². The van der Waals surface area contributed by atoms with Gasteiger partial charge in [0, 0.05) is 5.54 Å². The maximum absolute atomic E-state index is 6.25. The second-order valence-corrected chi connectivity index (χ2v) is 9.07. The number of nitrogens with one attached hydrogen (secondary N) is 1. The third kappa shape index (κ3) is 2.06. The first-order valence-electron chi connectivity index (χ1n) is 8.44. The molecule has 1 aromatic rings. The van der Waals surface area contributed by atoms with Crippen LogP contribution < -0.4 is 11.1 Å². The van der Waals surface area contributed by atoms with E-state index in [1.165, 1.54) is 49.8 Å². The number of hydrogen-bond acceptors (Lipinski definition) is 2. The van der Waals surface area contributed by atoms with Crippen LogP contribution in [0.15, 0.2) is 18.2 Å². The quantitative estimate of drug-likeness (QED) is 0.770. The molecule has 2 heteroatoms. The van der Waals surface area contributed by atoms with Crippen LogP contribution >= 0.6 is 0 Å². The molecule has 21 heavy (non-hydrogen) atoms. The van der Waals surface area contributed by atoms with E-state index in [2.05, 4.69) is 38.2 Å². The number of nitrogens with two attached hydrogens (primary N) is 1. The van der Waals surface area contributed by atoms with E-state index in [4.69, 9.17) is 5.73 Å². The Balaban J connectivity index is 1.72. The molecule has 4 aliphatic carbocycles. The van der Waals surface area contributed by atoms with Gasteiger partial charge in [-0.2, -0.15) is 0 Å². The first-order valence-corrected chi connectivity index (χ1v) is 8.44. The molecule has 0 radical (unpaired) electrons. The van der Waals surface area contributed by atoms with Crippen LogP contribution in [0.1, 0.15) is 57.9 Å². The van der Waals surface area contributed by atoms with Crippen molar-refractivity contribution in [2.24, 2.45) is 16.7 Å². The fourth-order valence-electron chi connectivity index (χ4n) is 6.71. The number of aryl methyl sites for hydroxylation is 1. The zero-order chi connectivity index (χ0) is 14.9. The molecule has 3 N–H and O–H groups in total. The van der Waals surface area contributed by atoms with Crippen molar-refractivity contribution in [1.82, 2.24) is 0 Å². The standard InChI is InChI=1S/C19H28N2/c1-13-5-4-6-15(20)16(13)21-19-9-14-7-17(2,11-19)10-18(3,8-14)12-19/h4-6,14,21H,7-12,20H2,1-3H3. The largest absolute Gasteiger partial charge is 0.397 e. The molecule has 2 nitrogen and oxygen atoms in total. The van der Waals surface area contributed by atoms with Crippen LogP contribution in [0.2, 0.25) is 0 Å². The van der Waals surface area contributed by atoms with E-state index in [0.29, 0.717) is 10.8 Å². The average Bonchev–Trinajstić information content (AvgIpc) is 2.29. The van der Waals surface area contributed by atoms with E-state index in [1.807, 2.05) is 6.07 Å². The number of benzene rings is 1. The number of nitrogen functional groups attached to an aromatic ring is 1. The number of rotatable bonds is 2. The average molecular weight is 284 g/mol. The van der Waals surface area contributed by atoms with E-state index in [9.17, 15) is 0 Å². The highest BCUT2D eigenvalue weighted by atomic mass is 15.0. The molecule has 0 aliphatic heterocycles. The maximum atomic E-state index is 6.25. The van der Waals surface area contributed by atoms with Crippen LogP contribution in [0.3, 0.4) is 0 Å². The van der Waals surface area contributed by atoms with E-state index in [-0.39, 0.29) is 5.54 Å². The number of para-hydroxylation sites is 1. The Labute approximate surface area is 128 Å². The fraction of sp³-hybridized carbons (Fsp3) is 0.684. The summed E-state index contributed by atoms with van der Waals surface area (Å²) in [6.07, 6.45) is 8.28. The highest BCUT2D eigenvalue weighted by Crippen LogP contribution is 2.67. The molecule has 0 spiro atoms. The van der Waals surface area contributed by atoms with Crippen LogP contribution in [0, 0.1) is 23.7 Å². The van der Waals surface area contributed by atoms with Gasteiger partial charge in [0.1, 0.15) is 0 Å².